The average Bonchev–Trinajstić information content (AvgIpc) is 3.44. The van der Waals surface area contributed by atoms with Crippen molar-refractivity contribution in [1.29, 1.82) is 0 Å². The summed E-state index contributed by atoms with van der Waals surface area (Å²) in [6.45, 7) is 7.80. The fourth-order valence-corrected chi connectivity index (χ4v) is 4.98. The molecule has 8 heteroatoms. The number of anilines is 1. The maximum absolute atomic E-state index is 12.2. The molecule has 1 amide bonds. The zero-order chi connectivity index (χ0) is 21.2. The third kappa shape index (κ3) is 4.31. The van der Waals surface area contributed by atoms with Gasteiger partial charge in [0.1, 0.15) is 0 Å². The number of nitrogens with zero attached hydrogens (tertiary/aromatic N) is 3. The molecule has 2 aromatic carbocycles. The van der Waals surface area contributed by atoms with Crippen LogP contribution in [0.1, 0.15) is 29.3 Å². The van der Waals surface area contributed by atoms with E-state index in [0.717, 1.165) is 66.0 Å². The highest BCUT2D eigenvalue weighted by Gasteiger charge is 2.21. The van der Waals surface area contributed by atoms with Crippen molar-refractivity contribution in [1.82, 2.24) is 15.2 Å². The molecule has 0 spiro atoms. The number of ether oxygens (including phenoxy) is 2. The molecule has 1 saturated heterocycles. The first-order chi connectivity index (χ1) is 15.2. The Morgan fingerprint density at radius 1 is 1.10 bits per heavy atom. The van der Waals surface area contributed by atoms with Crippen LogP contribution in [0.5, 0.6) is 11.5 Å². The van der Waals surface area contributed by atoms with Crippen molar-refractivity contribution >= 4 is 32.6 Å². The highest BCUT2D eigenvalue weighted by molar-refractivity contribution is 7.22. The van der Waals surface area contributed by atoms with Gasteiger partial charge >= 0.3 is 0 Å². The van der Waals surface area contributed by atoms with Crippen molar-refractivity contribution < 1.29 is 14.3 Å². The van der Waals surface area contributed by atoms with Crippen molar-refractivity contribution in [3.63, 3.8) is 0 Å². The topological polar surface area (TPSA) is 66.9 Å². The molecule has 0 saturated carbocycles. The van der Waals surface area contributed by atoms with Gasteiger partial charge in [0.25, 0.3) is 5.91 Å². The number of carbonyl (C=O) groups is 1. The van der Waals surface area contributed by atoms with Crippen LogP contribution < -0.4 is 19.7 Å². The molecule has 3 heterocycles. The third-order valence-electron chi connectivity index (χ3n) is 5.66. The SMILES string of the molecule is CCCNC(=O)c1ccc2nc(N3CCN(Cc4ccc5c(c4)OCO5)CC3)sc2c1. The Morgan fingerprint density at radius 2 is 1.94 bits per heavy atom. The maximum Gasteiger partial charge on any atom is 0.251 e. The number of amides is 1. The van der Waals surface area contributed by atoms with E-state index >= 15 is 0 Å². The number of piperazine rings is 1. The smallest absolute Gasteiger partial charge is 0.251 e. The maximum atomic E-state index is 12.2. The van der Waals surface area contributed by atoms with Gasteiger partial charge in [0, 0.05) is 44.8 Å². The lowest BCUT2D eigenvalue weighted by Crippen LogP contribution is -2.45. The van der Waals surface area contributed by atoms with E-state index in [-0.39, 0.29) is 5.91 Å². The Hall–Kier alpha value is -2.84. The van der Waals surface area contributed by atoms with Crippen LogP contribution >= 0.6 is 11.3 Å². The van der Waals surface area contributed by atoms with Gasteiger partial charge in [-0.2, -0.15) is 0 Å². The molecular formula is C23H26N4O3S. The molecule has 0 aliphatic carbocycles. The van der Waals surface area contributed by atoms with Gasteiger partial charge in [-0.25, -0.2) is 4.98 Å². The number of rotatable bonds is 6. The molecule has 1 fully saturated rings. The molecular weight excluding hydrogens is 412 g/mol. The summed E-state index contributed by atoms with van der Waals surface area (Å²) < 4.78 is 11.9. The lowest BCUT2D eigenvalue weighted by Gasteiger charge is -2.34. The highest BCUT2D eigenvalue weighted by atomic mass is 32.1. The molecule has 0 atom stereocenters. The van der Waals surface area contributed by atoms with Crippen molar-refractivity contribution in [3.05, 3.63) is 47.5 Å². The zero-order valence-corrected chi connectivity index (χ0v) is 18.4. The van der Waals surface area contributed by atoms with E-state index in [0.29, 0.717) is 18.9 Å². The molecule has 31 heavy (non-hydrogen) atoms. The predicted molar refractivity (Wildman–Crippen MR) is 122 cm³/mol. The molecule has 1 aromatic heterocycles. The van der Waals surface area contributed by atoms with Crippen molar-refractivity contribution in [2.75, 3.05) is 44.4 Å². The van der Waals surface area contributed by atoms with Crippen LogP contribution in [0.3, 0.4) is 0 Å². The van der Waals surface area contributed by atoms with Crippen molar-refractivity contribution in [2.45, 2.75) is 19.9 Å². The average molecular weight is 439 g/mol. The molecule has 2 aliphatic heterocycles. The number of aromatic nitrogens is 1. The molecule has 0 bridgehead atoms. The molecule has 0 unspecified atom stereocenters. The van der Waals surface area contributed by atoms with E-state index < -0.39 is 0 Å². The Kier molecular flexibility index (Phi) is 5.65. The van der Waals surface area contributed by atoms with Gasteiger partial charge in [0.05, 0.1) is 10.2 Å². The summed E-state index contributed by atoms with van der Waals surface area (Å²) in [6.07, 6.45) is 0.930. The quantitative estimate of drug-likeness (QED) is 0.636. The monoisotopic (exact) mass is 438 g/mol. The van der Waals surface area contributed by atoms with Crippen LogP contribution in [0.25, 0.3) is 10.2 Å². The Morgan fingerprint density at radius 3 is 2.77 bits per heavy atom. The lowest BCUT2D eigenvalue weighted by atomic mass is 10.1. The van der Waals surface area contributed by atoms with Crippen LogP contribution in [-0.2, 0) is 6.54 Å². The van der Waals surface area contributed by atoms with E-state index in [1.54, 1.807) is 11.3 Å². The summed E-state index contributed by atoms with van der Waals surface area (Å²) in [7, 11) is 0. The minimum absolute atomic E-state index is 0.0177. The van der Waals surface area contributed by atoms with Crippen LogP contribution in [-0.4, -0.2) is 55.3 Å². The standard InChI is InChI=1S/C23H26N4O3S/c1-2-7-24-22(28)17-4-5-18-21(13-17)31-23(25-18)27-10-8-26(9-11-27)14-16-3-6-19-20(12-16)30-15-29-19/h3-6,12-13H,2,7-11,14-15H2,1H3,(H,24,28). The first-order valence-corrected chi connectivity index (χ1v) is 11.6. The fraction of sp³-hybridized carbons (Fsp3) is 0.391. The molecule has 5 rings (SSSR count). The normalized spacial score (nSPS) is 16.1. The van der Waals surface area contributed by atoms with Gasteiger partial charge in [0.2, 0.25) is 6.79 Å². The number of nitrogens with one attached hydrogen (secondary N) is 1. The fourth-order valence-electron chi connectivity index (χ4n) is 3.92. The van der Waals surface area contributed by atoms with Gasteiger partial charge < -0.3 is 19.7 Å². The van der Waals surface area contributed by atoms with Gasteiger partial charge in [-0.3, -0.25) is 9.69 Å². The molecule has 0 radical (unpaired) electrons. The highest BCUT2D eigenvalue weighted by Crippen LogP contribution is 2.33. The minimum atomic E-state index is -0.0177. The lowest BCUT2D eigenvalue weighted by molar-refractivity contribution is 0.0954. The van der Waals surface area contributed by atoms with Crippen LogP contribution in [0.4, 0.5) is 5.13 Å². The van der Waals surface area contributed by atoms with E-state index in [1.165, 1.54) is 5.56 Å². The van der Waals surface area contributed by atoms with E-state index in [1.807, 2.05) is 31.2 Å². The van der Waals surface area contributed by atoms with Gasteiger partial charge in [-0.15, -0.1) is 0 Å². The van der Waals surface area contributed by atoms with Crippen LogP contribution in [0, 0.1) is 0 Å². The number of fused-ring (bicyclic) bond motifs is 2. The van der Waals surface area contributed by atoms with Gasteiger partial charge in [-0.05, 0) is 42.3 Å². The van der Waals surface area contributed by atoms with Crippen molar-refractivity contribution in [2.24, 2.45) is 0 Å². The van der Waals surface area contributed by atoms with Crippen LogP contribution in [0.2, 0.25) is 0 Å². The van der Waals surface area contributed by atoms with E-state index in [9.17, 15) is 4.79 Å². The number of benzene rings is 2. The third-order valence-corrected chi connectivity index (χ3v) is 6.74. The summed E-state index contributed by atoms with van der Waals surface area (Å²) >= 11 is 1.66. The Balaban J connectivity index is 1.21. The zero-order valence-electron chi connectivity index (χ0n) is 17.6. The molecule has 162 valence electrons. The predicted octanol–water partition coefficient (Wildman–Crippen LogP) is 3.49. The van der Waals surface area contributed by atoms with E-state index in [2.05, 4.69) is 27.2 Å². The molecule has 7 nitrogen and oxygen atoms in total. The van der Waals surface area contributed by atoms with Gasteiger partial charge in [0.15, 0.2) is 16.6 Å². The summed E-state index contributed by atoms with van der Waals surface area (Å²) in [6, 6.07) is 12.0. The summed E-state index contributed by atoms with van der Waals surface area (Å²) in [5, 5.41) is 3.97. The molecule has 2 aliphatic rings. The number of hydrogen-bond donors (Lipinski definition) is 1. The summed E-state index contributed by atoms with van der Waals surface area (Å²) in [5.74, 6) is 1.65. The molecule has 3 aromatic rings. The second-order valence-electron chi connectivity index (χ2n) is 7.89. The first-order valence-electron chi connectivity index (χ1n) is 10.7. The minimum Gasteiger partial charge on any atom is -0.454 e. The van der Waals surface area contributed by atoms with E-state index in [4.69, 9.17) is 14.5 Å². The Labute approximate surface area is 185 Å². The number of thiazole rings is 1. The van der Waals surface area contributed by atoms with Crippen LogP contribution in [0.15, 0.2) is 36.4 Å². The summed E-state index contributed by atoms with van der Waals surface area (Å²) in [4.78, 5) is 21.9. The first kappa shape index (κ1) is 20.1. The van der Waals surface area contributed by atoms with Crippen molar-refractivity contribution in [3.8, 4) is 11.5 Å². The molecule has 1 N–H and O–H groups in total. The summed E-state index contributed by atoms with van der Waals surface area (Å²) in [5.41, 5.74) is 2.89. The Bertz CT molecular complexity index is 1090. The second kappa shape index (κ2) is 8.72. The number of carbonyl (C=O) groups excluding carboxylic acids is 1. The van der Waals surface area contributed by atoms with Gasteiger partial charge in [-0.1, -0.05) is 24.3 Å². The number of hydrogen-bond acceptors (Lipinski definition) is 7. The largest absolute Gasteiger partial charge is 0.454 e. The second-order valence-corrected chi connectivity index (χ2v) is 8.89.